The third-order valence-electron chi connectivity index (χ3n) is 2.29. The number of rotatable bonds is 4. The summed E-state index contributed by atoms with van der Waals surface area (Å²) in [5.41, 5.74) is 1.01. The van der Waals surface area contributed by atoms with E-state index < -0.39 is 0 Å². The SMILES string of the molecule is Cc1csc(SCCN2C(=O)CCC2=O)n1. The van der Waals surface area contributed by atoms with E-state index in [1.807, 2.05) is 12.3 Å². The van der Waals surface area contributed by atoms with Crippen molar-refractivity contribution in [3.8, 4) is 0 Å². The molecule has 1 fully saturated rings. The molecule has 2 rings (SSSR count). The summed E-state index contributed by atoms with van der Waals surface area (Å²) in [7, 11) is 0. The minimum absolute atomic E-state index is 0.0408. The Bertz CT molecular complexity index is 401. The minimum atomic E-state index is -0.0408. The third-order valence-corrected chi connectivity index (χ3v) is 4.41. The molecule has 2 heterocycles. The van der Waals surface area contributed by atoms with Crippen LogP contribution in [0.3, 0.4) is 0 Å². The quantitative estimate of drug-likeness (QED) is 0.607. The summed E-state index contributed by atoms with van der Waals surface area (Å²) in [5.74, 6) is 0.645. The number of thioether (sulfide) groups is 1. The van der Waals surface area contributed by atoms with Crippen LogP contribution >= 0.6 is 23.1 Å². The van der Waals surface area contributed by atoms with Crippen molar-refractivity contribution in [2.75, 3.05) is 12.3 Å². The van der Waals surface area contributed by atoms with Crippen LogP contribution in [-0.4, -0.2) is 34.0 Å². The number of likely N-dealkylation sites (tertiary alicyclic amines) is 1. The summed E-state index contributed by atoms with van der Waals surface area (Å²) >= 11 is 3.19. The van der Waals surface area contributed by atoms with Crippen LogP contribution in [0.25, 0.3) is 0 Å². The molecule has 0 saturated carbocycles. The minimum Gasteiger partial charge on any atom is -0.282 e. The van der Waals surface area contributed by atoms with E-state index in [4.69, 9.17) is 0 Å². The van der Waals surface area contributed by atoms with Gasteiger partial charge in [0.1, 0.15) is 4.34 Å². The molecule has 0 unspecified atom stereocenters. The fourth-order valence-electron chi connectivity index (χ4n) is 1.50. The van der Waals surface area contributed by atoms with Crippen LogP contribution in [0.2, 0.25) is 0 Å². The van der Waals surface area contributed by atoms with Crippen molar-refractivity contribution < 1.29 is 9.59 Å². The summed E-state index contributed by atoms with van der Waals surface area (Å²) in [6.07, 6.45) is 0.750. The topological polar surface area (TPSA) is 50.3 Å². The maximum Gasteiger partial charge on any atom is 0.229 e. The van der Waals surface area contributed by atoms with Gasteiger partial charge < -0.3 is 0 Å². The van der Waals surface area contributed by atoms with Crippen molar-refractivity contribution in [1.29, 1.82) is 0 Å². The van der Waals surface area contributed by atoms with Crippen molar-refractivity contribution in [2.45, 2.75) is 24.1 Å². The molecule has 1 aliphatic heterocycles. The Morgan fingerprint density at radius 1 is 1.44 bits per heavy atom. The number of carbonyl (C=O) groups excluding carboxylic acids is 2. The van der Waals surface area contributed by atoms with E-state index in [0.29, 0.717) is 19.4 Å². The normalized spacial score (nSPS) is 16.2. The smallest absolute Gasteiger partial charge is 0.229 e. The molecule has 0 aliphatic carbocycles. The highest BCUT2D eigenvalue weighted by atomic mass is 32.2. The molecular weight excluding hydrogens is 244 g/mol. The van der Waals surface area contributed by atoms with Gasteiger partial charge >= 0.3 is 0 Å². The van der Waals surface area contributed by atoms with Gasteiger partial charge in [-0.05, 0) is 6.92 Å². The first-order valence-electron chi connectivity index (χ1n) is 5.05. The molecule has 6 heteroatoms. The summed E-state index contributed by atoms with van der Waals surface area (Å²) in [6, 6.07) is 0. The zero-order chi connectivity index (χ0) is 11.5. The van der Waals surface area contributed by atoms with Gasteiger partial charge in [0, 0.05) is 36.2 Å². The predicted octanol–water partition coefficient (Wildman–Crippen LogP) is 1.69. The van der Waals surface area contributed by atoms with Crippen molar-refractivity contribution >= 4 is 34.9 Å². The molecule has 16 heavy (non-hydrogen) atoms. The molecule has 0 aromatic carbocycles. The highest BCUT2D eigenvalue weighted by Crippen LogP contribution is 2.23. The van der Waals surface area contributed by atoms with Crippen LogP contribution in [0.1, 0.15) is 18.5 Å². The Hall–Kier alpha value is -0.880. The van der Waals surface area contributed by atoms with Crippen LogP contribution < -0.4 is 0 Å². The first kappa shape index (κ1) is 11.6. The predicted molar refractivity (Wildman–Crippen MR) is 63.5 cm³/mol. The second-order valence-corrected chi connectivity index (χ2v) is 5.74. The number of thiazole rings is 1. The van der Waals surface area contributed by atoms with E-state index in [9.17, 15) is 9.59 Å². The molecule has 86 valence electrons. The van der Waals surface area contributed by atoms with Crippen LogP contribution in [0.5, 0.6) is 0 Å². The second-order valence-electron chi connectivity index (χ2n) is 3.54. The Kier molecular flexibility index (Phi) is 3.60. The van der Waals surface area contributed by atoms with Gasteiger partial charge in [-0.3, -0.25) is 14.5 Å². The summed E-state index contributed by atoms with van der Waals surface area (Å²) in [6.45, 7) is 2.45. The molecule has 0 spiro atoms. The Balaban J connectivity index is 1.80. The highest BCUT2D eigenvalue weighted by molar-refractivity contribution is 8.01. The number of carbonyl (C=O) groups is 2. The summed E-state index contributed by atoms with van der Waals surface area (Å²) in [4.78, 5) is 28.3. The van der Waals surface area contributed by atoms with E-state index in [2.05, 4.69) is 4.98 Å². The fourth-order valence-corrected chi connectivity index (χ4v) is 3.34. The fraction of sp³-hybridized carbons (Fsp3) is 0.500. The molecule has 0 N–H and O–H groups in total. The lowest BCUT2D eigenvalue weighted by Crippen LogP contribution is -2.31. The van der Waals surface area contributed by atoms with Crippen LogP contribution in [-0.2, 0) is 9.59 Å². The van der Waals surface area contributed by atoms with E-state index in [1.165, 1.54) is 4.90 Å². The standard InChI is InChI=1S/C10H12N2O2S2/c1-7-6-16-10(11-7)15-5-4-12-8(13)2-3-9(12)14/h6H,2-5H2,1H3. The molecule has 1 aromatic rings. The van der Waals surface area contributed by atoms with Gasteiger partial charge in [0.25, 0.3) is 0 Å². The van der Waals surface area contributed by atoms with Crippen LogP contribution in [0.15, 0.2) is 9.72 Å². The lowest BCUT2D eigenvalue weighted by molar-refractivity contribution is -0.137. The third kappa shape index (κ3) is 2.62. The average molecular weight is 256 g/mol. The van der Waals surface area contributed by atoms with Gasteiger partial charge in [-0.15, -0.1) is 11.3 Å². The van der Waals surface area contributed by atoms with Crippen molar-refractivity contribution in [3.05, 3.63) is 11.1 Å². The molecule has 1 saturated heterocycles. The van der Waals surface area contributed by atoms with Crippen LogP contribution in [0.4, 0.5) is 0 Å². The summed E-state index contributed by atoms with van der Waals surface area (Å²) < 4.78 is 0.997. The van der Waals surface area contributed by atoms with Crippen molar-refractivity contribution in [2.24, 2.45) is 0 Å². The summed E-state index contributed by atoms with van der Waals surface area (Å²) in [5, 5.41) is 1.99. The number of amides is 2. The van der Waals surface area contributed by atoms with E-state index in [1.54, 1.807) is 23.1 Å². The highest BCUT2D eigenvalue weighted by Gasteiger charge is 2.28. The van der Waals surface area contributed by atoms with Crippen LogP contribution in [0, 0.1) is 6.92 Å². The Morgan fingerprint density at radius 2 is 2.12 bits per heavy atom. The molecule has 0 atom stereocenters. The number of hydrogen-bond acceptors (Lipinski definition) is 5. The molecule has 0 radical (unpaired) electrons. The van der Waals surface area contributed by atoms with Gasteiger partial charge in [0.05, 0.1) is 0 Å². The first-order chi connectivity index (χ1) is 7.66. The maximum absolute atomic E-state index is 11.3. The average Bonchev–Trinajstić information content (AvgIpc) is 2.78. The number of aryl methyl sites for hydroxylation is 1. The van der Waals surface area contributed by atoms with Gasteiger partial charge in [-0.2, -0.15) is 0 Å². The van der Waals surface area contributed by atoms with E-state index in [0.717, 1.165) is 15.8 Å². The van der Waals surface area contributed by atoms with Gasteiger partial charge in [0.2, 0.25) is 11.8 Å². The van der Waals surface area contributed by atoms with E-state index in [-0.39, 0.29) is 11.8 Å². The number of hydrogen-bond donors (Lipinski definition) is 0. The first-order valence-corrected chi connectivity index (χ1v) is 6.91. The number of nitrogens with zero attached hydrogens (tertiary/aromatic N) is 2. The molecule has 0 bridgehead atoms. The molecule has 2 amide bonds. The number of imide groups is 1. The van der Waals surface area contributed by atoms with Crippen molar-refractivity contribution in [3.63, 3.8) is 0 Å². The van der Waals surface area contributed by atoms with E-state index >= 15 is 0 Å². The Labute approximate surface area is 102 Å². The maximum atomic E-state index is 11.3. The van der Waals surface area contributed by atoms with Gasteiger partial charge in [0.15, 0.2) is 0 Å². The lowest BCUT2D eigenvalue weighted by atomic mass is 10.4. The molecule has 4 nitrogen and oxygen atoms in total. The zero-order valence-corrected chi connectivity index (χ0v) is 10.6. The monoisotopic (exact) mass is 256 g/mol. The van der Waals surface area contributed by atoms with Crippen molar-refractivity contribution in [1.82, 2.24) is 9.88 Å². The number of aromatic nitrogens is 1. The zero-order valence-electron chi connectivity index (χ0n) is 8.93. The second kappa shape index (κ2) is 4.97. The molecule has 1 aliphatic rings. The molecule has 1 aromatic heterocycles. The van der Waals surface area contributed by atoms with Gasteiger partial charge in [-0.1, -0.05) is 11.8 Å². The Morgan fingerprint density at radius 3 is 2.69 bits per heavy atom. The van der Waals surface area contributed by atoms with Gasteiger partial charge in [-0.25, -0.2) is 4.98 Å². The largest absolute Gasteiger partial charge is 0.282 e. The molecular formula is C10H12N2O2S2. The lowest BCUT2D eigenvalue weighted by Gasteiger charge is -2.12.